The number of rotatable bonds is 3. The van der Waals surface area contributed by atoms with E-state index in [4.69, 9.17) is 0 Å². The number of nitrogens with one attached hydrogen (secondary N) is 1. The Balaban J connectivity index is 2.19. The van der Waals surface area contributed by atoms with E-state index in [-0.39, 0.29) is 22.6 Å². The molecule has 0 aliphatic carbocycles. The van der Waals surface area contributed by atoms with Crippen LogP contribution in [0.25, 0.3) is 6.08 Å². The maximum Gasteiger partial charge on any atom is 0.332 e. The molecule has 8 heteroatoms. The lowest BCUT2D eigenvalue weighted by Crippen LogP contribution is -2.40. The molecule has 0 bridgehead atoms. The van der Waals surface area contributed by atoms with Crippen molar-refractivity contribution < 1.29 is 9.18 Å². The van der Waals surface area contributed by atoms with E-state index in [2.05, 4.69) is 21.2 Å². The molecule has 25 heavy (non-hydrogen) atoms. The number of benzene rings is 1. The van der Waals surface area contributed by atoms with E-state index in [1.54, 1.807) is 6.07 Å². The van der Waals surface area contributed by atoms with Crippen LogP contribution in [-0.4, -0.2) is 14.9 Å². The van der Waals surface area contributed by atoms with Crippen LogP contribution in [-0.2, 0) is 13.6 Å². The normalized spacial score (nSPS) is 14.7. The van der Waals surface area contributed by atoms with E-state index in [0.29, 0.717) is 17.4 Å². The largest absolute Gasteiger partial charge is 0.338 e. The van der Waals surface area contributed by atoms with Gasteiger partial charge in [0.15, 0.2) is 0 Å². The number of hydrogen-bond acceptors (Lipinski definition) is 4. The number of fused-ring (bicyclic) bond motifs is 1. The molecule has 0 amide bonds. The molecule has 0 radical (unpaired) electrons. The zero-order chi connectivity index (χ0) is 18.3. The molecule has 1 aromatic carbocycles. The summed E-state index contributed by atoms with van der Waals surface area (Å²) in [5.74, 6) is -0.887. The van der Waals surface area contributed by atoms with Crippen LogP contribution in [0.15, 0.2) is 38.0 Å². The van der Waals surface area contributed by atoms with Gasteiger partial charge < -0.3 is 5.32 Å². The van der Waals surface area contributed by atoms with Gasteiger partial charge in [-0.3, -0.25) is 18.7 Å². The van der Waals surface area contributed by atoms with Crippen molar-refractivity contribution in [1.82, 2.24) is 9.13 Å². The number of carbonyl (C=O) groups excluding carboxylic acids is 1. The number of halogens is 2. The van der Waals surface area contributed by atoms with Crippen molar-refractivity contribution in [3.8, 4) is 0 Å². The van der Waals surface area contributed by atoms with Crippen LogP contribution in [0, 0.1) is 5.82 Å². The zero-order valence-corrected chi connectivity index (χ0v) is 15.2. The number of nitrogens with zero attached hydrogens (tertiary/aromatic N) is 2. The van der Waals surface area contributed by atoms with Crippen LogP contribution in [0.4, 0.5) is 10.2 Å². The van der Waals surface area contributed by atoms with Crippen LogP contribution >= 0.6 is 15.9 Å². The third-order valence-electron chi connectivity index (χ3n) is 3.97. The molecule has 0 atom stereocenters. The van der Waals surface area contributed by atoms with E-state index in [1.807, 2.05) is 6.92 Å². The second-order valence-corrected chi connectivity index (χ2v) is 6.62. The van der Waals surface area contributed by atoms with Gasteiger partial charge in [-0.1, -0.05) is 22.9 Å². The number of Topliss-reactive ketones (excluding diaryl/α,β-unsaturated/α-hetero) is 1. The summed E-state index contributed by atoms with van der Waals surface area (Å²) in [5.41, 5.74) is -1.01. The Labute approximate surface area is 150 Å². The Morgan fingerprint density at radius 3 is 2.68 bits per heavy atom. The first-order chi connectivity index (χ1) is 11.8. The van der Waals surface area contributed by atoms with Gasteiger partial charge in [-0.05, 0) is 30.7 Å². The van der Waals surface area contributed by atoms with Crippen molar-refractivity contribution in [3.05, 3.63) is 66.2 Å². The fourth-order valence-corrected chi connectivity index (χ4v) is 3.11. The summed E-state index contributed by atoms with van der Waals surface area (Å²) < 4.78 is 16.9. The molecule has 0 unspecified atom stereocenters. The molecule has 1 aliphatic heterocycles. The molecule has 1 N–H and O–H groups in total. The van der Waals surface area contributed by atoms with E-state index in [0.717, 1.165) is 4.57 Å². The molecule has 1 aromatic heterocycles. The molecule has 130 valence electrons. The number of ketones is 1. The van der Waals surface area contributed by atoms with Crippen LogP contribution in [0.5, 0.6) is 0 Å². The highest BCUT2D eigenvalue weighted by molar-refractivity contribution is 9.10. The summed E-state index contributed by atoms with van der Waals surface area (Å²) in [6.45, 7) is 2.24. The Kier molecular flexibility index (Phi) is 4.47. The highest BCUT2D eigenvalue weighted by Gasteiger charge is 2.32. The number of carbonyl (C=O) groups is 1. The van der Waals surface area contributed by atoms with Gasteiger partial charge in [0, 0.05) is 23.6 Å². The van der Waals surface area contributed by atoms with Gasteiger partial charge in [0.1, 0.15) is 17.2 Å². The van der Waals surface area contributed by atoms with Crippen molar-refractivity contribution in [1.29, 1.82) is 0 Å². The Hall–Kier alpha value is -2.48. The molecular weight excluding hydrogens is 393 g/mol. The molecule has 0 saturated heterocycles. The third-order valence-corrected chi connectivity index (χ3v) is 4.47. The SMILES string of the molecule is CCCn1c2c(c(=O)n(C)c1=O)C(=O)/C(=C\c1cc(Br)ccc1F)N2. The van der Waals surface area contributed by atoms with Gasteiger partial charge in [-0.2, -0.15) is 0 Å². The van der Waals surface area contributed by atoms with Gasteiger partial charge in [-0.15, -0.1) is 0 Å². The topological polar surface area (TPSA) is 73.1 Å². The van der Waals surface area contributed by atoms with Gasteiger partial charge in [0.05, 0.1) is 5.70 Å². The number of aromatic nitrogens is 2. The predicted octanol–water partition coefficient (Wildman–Crippen LogP) is 2.51. The van der Waals surface area contributed by atoms with Crippen LogP contribution < -0.4 is 16.6 Å². The smallest absolute Gasteiger partial charge is 0.332 e. The third kappa shape index (κ3) is 2.86. The van der Waals surface area contributed by atoms with Crippen LogP contribution in [0.1, 0.15) is 29.3 Å². The average molecular weight is 408 g/mol. The molecule has 2 aromatic rings. The molecule has 0 spiro atoms. The van der Waals surface area contributed by atoms with Gasteiger partial charge in [0.2, 0.25) is 5.78 Å². The molecule has 0 fully saturated rings. The Morgan fingerprint density at radius 2 is 2.00 bits per heavy atom. The lowest BCUT2D eigenvalue weighted by molar-refractivity contribution is 0.104. The maximum atomic E-state index is 14.0. The predicted molar refractivity (Wildman–Crippen MR) is 96.3 cm³/mol. The lowest BCUT2D eigenvalue weighted by Gasteiger charge is -2.11. The minimum absolute atomic E-state index is 0.0551. The number of hydrogen-bond donors (Lipinski definition) is 1. The first kappa shape index (κ1) is 17.3. The second kappa shape index (κ2) is 6.44. The molecule has 2 heterocycles. The van der Waals surface area contributed by atoms with Crippen LogP contribution in [0.2, 0.25) is 0 Å². The highest BCUT2D eigenvalue weighted by atomic mass is 79.9. The van der Waals surface area contributed by atoms with Crippen molar-refractivity contribution >= 4 is 33.6 Å². The molecular formula is C17H15BrFN3O3. The van der Waals surface area contributed by atoms with Crippen molar-refractivity contribution in [2.75, 3.05) is 5.32 Å². The summed E-state index contributed by atoms with van der Waals surface area (Å²) in [7, 11) is 1.33. The summed E-state index contributed by atoms with van der Waals surface area (Å²) in [4.78, 5) is 37.3. The van der Waals surface area contributed by atoms with Crippen molar-refractivity contribution in [2.45, 2.75) is 19.9 Å². The van der Waals surface area contributed by atoms with E-state index in [9.17, 15) is 18.8 Å². The summed E-state index contributed by atoms with van der Waals surface area (Å²) in [5, 5.41) is 2.82. The average Bonchev–Trinajstić information content (AvgIpc) is 2.89. The van der Waals surface area contributed by atoms with E-state index >= 15 is 0 Å². The van der Waals surface area contributed by atoms with Gasteiger partial charge >= 0.3 is 5.69 Å². The maximum absolute atomic E-state index is 14.0. The molecule has 3 rings (SSSR count). The van der Waals surface area contributed by atoms with Gasteiger partial charge in [-0.25, -0.2) is 9.18 Å². The van der Waals surface area contributed by atoms with E-state index in [1.165, 1.54) is 29.8 Å². The first-order valence-electron chi connectivity index (χ1n) is 7.67. The van der Waals surface area contributed by atoms with E-state index < -0.39 is 22.8 Å². The lowest BCUT2D eigenvalue weighted by atomic mass is 10.1. The minimum Gasteiger partial charge on any atom is -0.338 e. The minimum atomic E-state index is -0.664. The van der Waals surface area contributed by atoms with Crippen molar-refractivity contribution in [2.24, 2.45) is 7.05 Å². The fraction of sp³-hybridized carbons (Fsp3) is 0.235. The monoisotopic (exact) mass is 407 g/mol. The van der Waals surface area contributed by atoms with Crippen LogP contribution in [0.3, 0.4) is 0 Å². The highest BCUT2D eigenvalue weighted by Crippen LogP contribution is 2.27. The van der Waals surface area contributed by atoms with Crippen molar-refractivity contribution in [3.63, 3.8) is 0 Å². The molecule has 1 aliphatic rings. The molecule has 0 saturated carbocycles. The number of allylic oxidation sites excluding steroid dienone is 1. The summed E-state index contributed by atoms with van der Waals surface area (Å²) in [6.07, 6.45) is 1.99. The Morgan fingerprint density at radius 1 is 1.28 bits per heavy atom. The molecule has 6 nitrogen and oxygen atoms in total. The second-order valence-electron chi connectivity index (χ2n) is 5.70. The summed E-state index contributed by atoms with van der Waals surface area (Å²) >= 11 is 3.25. The zero-order valence-electron chi connectivity index (χ0n) is 13.6. The summed E-state index contributed by atoms with van der Waals surface area (Å²) in [6, 6.07) is 4.34. The quantitative estimate of drug-likeness (QED) is 0.793. The fourth-order valence-electron chi connectivity index (χ4n) is 2.73. The number of anilines is 1. The first-order valence-corrected chi connectivity index (χ1v) is 8.46. The Bertz CT molecular complexity index is 1040. The standard InChI is InChI=1S/C17H15BrFN3O3/c1-3-6-22-15-13(16(24)21(2)17(22)25)14(23)12(20-15)8-9-7-10(18)4-5-11(9)19/h4-5,7-8,20H,3,6H2,1-2H3/b12-8+. The van der Waals surface area contributed by atoms with Gasteiger partial charge in [0.25, 0.3) is 5.56 Å².